The first kappa shape index (κ1) is 17.2. The lowest BCUT2D eigenvalue weighted by atomic mass is 9.91. The zero-order valence-corrected chi connectivity index (χ0v) is 14.0. The van der Waals surface area contributed by atoms with Gasteiger partial charge >= 0.3 is 5.97 Å². The zero-order chi connectivity index (χ0) is 16.8. The highest BCUT2D eigenvalue weighted by atomic mass is 16.7. The number of aryl methyl sites for hydroxylation is 2. The number of benzene rings is 2. The third-order valence-corrected chi connectivity index (χ3v) is 3.65. The van der Waals surface area contributed by atoms with E-state index < -0.39 is 6.10 Å². The monoisotopic (exact) mass is 314 g/mol. The van der Waals surface area contributed by atoms with Gasteiger partial charge in [0.05, 0.1) is 12.7 Å². The highest BCUT2D eigenvalue weighted by molar-refractivity contribution is 5.92. The topological polar surface area (TPSA) is 44.8 Å². The molecule has 4 heteroatoms. The Hall–Kier alpha value is -2.17. The van der Waals surface area contributed by atoms with Gasteiger partial charge in [-0.2, -0.15) is 0 Å². The average Bonchev–Trinajstić information content (AvgIpc) is 2.56. The van der Waals surface area contributed by atoms with E-state index in [0.717, 1.165) is 22.3 Å². The van der Waals surface area contributed by atoms with Gasteiger partial charge in [-0.3, -0.25) is 0 Å². The Morgan fingerprint density at radius 2 is 1.78 bits per heavy atom. The summed E-state index contributed by atoms with van der Waals surface area (Å²) in [5.74, 6) is -0.367. The smallest absolute Gasteiger partial charge is 0.338 e. The minimum absolute atomic E-state index is 0.132. The largest absolute Gasteiger partial charge is 0.465 e. The van der Waals surface area contributed by atoms with Crippen molar-refractivity contribution in [3.8, 4) is 0 Å². The Labute approximate surface area is 137 Å². The highest BCUT2D eigenvalue weighted by Gasteiger charge is 2.24. The van der Waals surface area contributed by atoms with Crippen molar-refractivity contribution >= 4 is 5.97 Å². The molecular formula is C19H22O4. The maximum absolute atomic E-state index is 12.2. The lowest BCUT2D eigenvalue weighted by Gasteiger charge is -2.23. The molecule has 0 saturated carbocycles. The molecular weight excluding hydrogens is 292 g/mol. The van der Waals surface area contributed by atoms with E-state index in [2.05, 4.69) is 0 Å². The molecule has 0 aliphatic carbocycles. The molecule has 0 heterocycles. The van der Waals surface area contributed by atoms with Gasteiger partial charge in [-0.1, -0.05) is 36.4 Å². The number of esters is 1. The molecule has 2 rings (SSSR count). The van der Waals surface area contributed by atoms with Crippen LogP contribution < -0.4 is 0 Å². The van der Waals surface area contributed by atoms with Crippen molar-refractivity contribution in [3.63, 3.8) is 0 Å². The molecule has 0 radical (unpaired) electrons. The molecule has 2 aromatic carbocycles. The molecule has 0 spiro atoms. The Balaban J connectivity index is 2.60. The van der Waals surface area contributed by atoms with Crippen LogP contribution in [-0.2, 0) is 14.2 Å². The number of carbonyl (C=O) groups is 1. The first-order valence-electron chi connectivity index (χ1n) is 7.43. The summed E-state index contributed by atoms with van der Waals surface area (Å²) in [6.07, 6.45) is -0.397. The van der Waals surface area contributed by atoms with Gasteiger partial charge in [0, 0.05) is 12.7 Å². The van der Waals surface area contributed by atoms with Crippen molar-refractivity contribution in [2.24, 2.45) is 0 Å². The Kier molecular flexibility index (Phi) is 5.90. The summed E-state index contributed by atoms with van der Waals surface area (Å²) in [5.41, 5.74) is 4.28. The number of carbonyl (C=O) groups excluding carboxylic acids is 1. The maximum Gasteiger partial charge on any atom is 0.338 e. The summed E-state index contributed by atoms with van der Waals surface area (Å²) in [6.45, 7) is 4.06. The standard InChI is InChI=1S/C19H22O4/c1-13-10-14(2)17(16(11-13)19(20)22-4)18(23-12-21-3)15-8-6-5-7-9-15/h5-11,18H,12H2,1-4H3. The fourth-order valence-electron chi connectivity index (χ4n) is 2.72. The summed E-state index contributed by atoms with van der Waals surface area (Å²) >= 11 is 0. The van der Waals surface area contributed by atoms with Crippen molar-refractivity contribution in [1.82, 2.24) is 0 Å². The minimum atomic E-state index is -0.397. The van der Waals surface area contributed by atoms with Gasteiger partial charge < -0.3 is 14.2 Å². The first-order valence-corrected chi connectivity index (χ1v) is 7.43. The lowest BCUT2D eigenvalue weighted by Crippen LogP contribution is -2.16. The molecule has 4 nitrogen and oxygen atoms in total. The summed E-state index contributed by atoms with van der Waals surface area (Å²) in [4.78, 5) is 12.2. The van der Waals surface area contributed by atoms with Gasteiger partial charge in [-0.05, 0) is 36.6 Å². The zero-order valence-electron chi connectivity index (χ0n) is 14.0. The lowest BCUT2D eigenvalue weighted by molar-refractivity contribution is -0.0596. The molecule has 0 aromatic heterocycles. The molecule has 0 N–H and O–H groups in total. The predicted octanol–water partition coefficient (Wildman–Crippen LogP) is 3.80. The second kappa shape index (κ2) is 7.90. The van der Waals surface area contributed by atoms with Crippen LogP contribution in [0.4, 0.5) is 0 Å². The SMILES string of the molecule is COCOC(c1ccccc1)c1c(C)cc(C)cc1C(=O)OC. The van der Waals surface area contributed by atoms with E-state index in [0.29, 0.717) is 5.56 Å². The van der Waals surface area contributed by atoms with Gasteiger partial charge in [0.2, 0.25) is 0 Å². The van der Waals surface area contributed by atoms with Gasteiger partial charge in [0.1, 0.15) is 12.9 Å². The fourth-order valence-corrected chi connectivity index (χ4v) is 2.72. The minimum Gasteiger partial charge on any atom is -0.465 e. The molecule has 23 heavy (non-hydrogen) atoms. The van der Waals surface area contributed by atoms with Crippen LogP contribution >= 0.6 is 0 Å². The second-order valence-corrected chi connectivity index (χ2v) is 5.40. The van der Waals surface area contributed by atoms with E-state index in [1.807, 2.05) is 56.3 Å². The Bertz CT molecular complexity index is 665. The van der Waals surface area contributed by atoms with Crippen LogP contribution in [-0.4, -0.2) is 27.0 Å². The summed E-state index contributed by atoms with van der Waals surface area (Å²) < 4.78 is 15.9. The number of hydrogen-bond acceptors (Lipinski definition) is 4. The van der Waals surface area contributed by atoms with E-state index in [1.54, 1.807) is 7.11 Å². The molecule has 0 saturated heterocycles. The Morgan fingerprint density at radius 3 is 2.39 bits per heavy atom. The maximum atomic E-state index is 12.2. The Morgan fingerprint density at radius 1 is 1.09 bits per heavy atom. The third kappa shape index (κ3) is 3.97. The molecule has 0 aliphatic rings. The predicted molar refractivity (Wildman–Crippen MR) is 88.5 cm³/mol. The van der Waals surface area contributed by atoms with Crippen molar-refractivity contribution in [1.29, 1.82) is 0 Å². The highest BCUT2D eigenvalue weighted by Crippen LogP contribution is 2.32. The molecule has 1 unspecified atom stereocenters. The summed E-state index contributed by atoms with van der Waals surface area (Å²) in [7, 11) is 2.96. The van der Waals surface area contributed by atoms with E-state index >= 15 is 0 Å². The number of methoxy groups -OCH3 is 2. The molecule has 2 aromatic rings. The van der Waals surface area contributed by atoms with Gasteiger partial charge in [-0.25, -0.2) is 4.79 Å². The van der Waals surface area contributed by atoms with Gasteiger partial charge in [0.15, 0.2) is 0 Å². The van der Waals surface area contributed by atoms with E-state index in [1.165, 1.54) is 7.11 Å². The van der Waals surface area contributed by atoms with E-state index in [4.69, 9.17) is 14.2 Å². The molecule has 0 amide bonds. The number of rotatable bonds is 6. The van der Waals surface area contributed by atoms with Crippen molar-refractivity contribution in [3.05, 3.63) is 70.3 Å². The molecule has 1 atom stereocenters. The normalized spacial score (nSPS) is 12.0. The van der Waals surface area contributed by atoms with Crippen LogP contribution in [0.1, 0.15) is 38.7 Å². The third-order valence-electron chi connectivity index (χ3n) is 3.65. The number of hydrogen-bond donors (Lipinski definition) is 0. The first-order chi connectivity index (χ1) is 11.1. The van der Waals surface area contributed by atoms with Crippen molar-refractivity contribution in [2.75, 3.05) is 21.0 Å². The second-order valence-electron chi connectivity index (χ2n) is 5.40. The van der Waals surface area contributed by atoms with Crippen LogP contribution in [0.3, 0.4) is 0 Å². The van der Waals surface area contributed by atoms with Crippen LogP contribution in [0.2, 0.25) is 0 Å². The molecule has 0 bridgehead atoms. The average molecular weight is 314 g/mol. The number of ether oxygens (including phenoxy) is 3. The van der Waals surface area contributed by atoms with Gasteiger partial charge in [0.25, 0.3) is 0 Å². The van der Waals surface area contributed by atoms with Crippen LogP contribution in [0.15, 0.2) is 42.5 Å². The molecule has 122 valence electrons. The molecule has 0 aliphatic heterocycles. The van der Waals surface area contributed by atoms with Crippen LogP contribution in [0, 0.1) is 13.8 Å². The molecule has 0 fully saturated rings. The van der Waals surface area contributed by atoms with Crippen molar-refractivity contribution in [2.45, 2.75) is 20.0 Å². The van der Waals surface area contributed by atoms with Crippen LogP contribution in [0.5, 0.6) is 0 Å². The summed E-state index contributed by atoms with van der Waals surface area (Å²) in [5, 5.41) is 0. The van der Waals surface area contributed by atoms with Crippen LogP contribution in [0.25, 0.3) is 0 Å². The van der Waals surface area contributed by atoms with Crippen molar-refractivity contribution < 1.29 is 19.0 Å². The van der Waals surface area contributed by atoms with Gasteiger partial charge in [-0.15, -0.1) is 0 Å². The van der Waals surface area contributed by atoms with E-state index in [9.17, 15) is 4.79 Å². The summed E-state index contributed by atoms with van der Waals surface area (Å²) in [6, 6.07) is 13.6. The quantitative estimate of drug-likeness (QED) is 0.601. The van der Waals surface area contributed by atoms with E-state index in [-0.39, 0.29) is 12.8 Å². The fraction of sp³-hybridized carbons (Fsp3) is 0.316.